The smallest absolute Gasteiger partial charge is 0.154 e. The van der Waals surface area contributed by atoms with Gasteiger partial charge in [-0.2, -0.15) is 5.10 Å². The van der Waals surface area contributed by atoms with Gasteiger partial charge in [0.1, 0.15) is 5.69 Å². The summed E-state index contributed by atoms with van der Waals surface area (Å²) >= 11 is 0. The van der Waals surface area contributed by atoms with E-state index in [0.29, 0.717) is 5.56 Å². The molecule has 88 valence electrons. The highest BCUT2D eigenvalue weighted by molar-refractivity contribution is 5.94. The van der Waals surface area contributed by atoms with E-state index in [2.05, 4.69) is 5.10 Å². The summed E-state index contributed by atoms with van der Waals surface area (Å²) in [4.78, 5) is 11.3. The zero-order valence-electron chi connectivity index (χ0n) is 10.00. The number of carbonyl (C=O) groups is 1. The minimum atomic E-state index is 0.643. The van der Waals surface area contributed by atoms with Crippen molar-refractivity contribution in [3.05, 3.63) is 59.8 Å². The molecule has 3 heteroatoms. The number of benzene rings is 1. The molecule has 0 spiro atoms. The van der Waals surface area contributed by atoms with Crippen molar-refractivity contribution in [1.29, 1.82) is 0 Å². The lowest BCUT2D eigenvalue weighted by molar-refractivity contribution is 0.112. The maximum absolute atomic E-state index is 11.3. The van der Waals surface area contributed by atoms with Crippen LogP contribution in [0.2, 0.25) is 0 Å². The topological polar surface area (TPSA) is 34.4 Å². The van der Waals surface area contributed by atoms with Crippen LogP contribution in [0.25, 0.3) is 16.8 Å². The van der Waals surface area contributed by atoms with E-state index in [4.69, 9.17) is 0 Å². The Kier molecular flexibility index (Phi) is 2.45. The lowest BCUT2D eigenvalue weighted by atomic mass is 10.1. The molecule has 0 aliphatic heterocycles. The molecule has 0 amide bonds. The molecular weight excluding hydrogens is 224 g/mol. The van der Waals surface area contributed by atoms with Crippen molar-refractivity contribution in [2.45, 2.75) is 6.92 Å². The third-order valence-electron chi connectivity index (χ3n) is 3.05. The summed E-state index contributed by atoms with van der Waals surface area (Å²) in [5, 5.41) is 4.54. The second-order valence-electron chi connectivity index (χ2n) is 4.21. The number of pyridine rings is 1. The van der Waals surface area contributed by atoms with Gasteiger partial charge in [0.25, 0.3) is 0 Å². The van der Waals surface area contributed by atoms with E-state index in [1.165, 1.54) is 0 Å². The number of fused-ring (bicyclic) bond motifs is 1. The third-order valence-corrected chi connectivity index (χ3v) is 3.05. The van der Waals surface area contributed by atoms with Crippen LogP contribution in [0.1, 0.15) is 16.1 Å². The van der Waals surface area contributed by atoms with E-state index in [0.717, 1.165) is 28.8 Å². The van der Waals surface area contributed by atoms with Crippen LogP contribution in [0, 0.1) is 6.92 Å². The van der Waals surface area contributed by atoms with Gasteiger partial charge in [-0.05, 0) is 19.1 Å². The number of hydrogen-bond donors (Lipinski definition) is 0. The summed E-state index contributed by atoms with van der Waals surface area (Å²) in [5.41, 5.74) is 4.20. The molecule has 3 rings (SSSR count). The van der Waals surface area contributed by atoms with Gasteiger partial charge in [0.15, 0.2) is 6.29 Å². The van der Waals surface area contributed by atoms with Crippen LogP contribution in [0.3, 0.4) is 0 Å². The molecule has 0 bridgehead atoms. The fraction of sp³-hybridized carbons (Fsp3) is 0.0667. The van der Waals surface area contributed by atoms with Gasteiger partial charge in [-0.1, -0.05) is 36.4 Å². The molecule has 1 aromatic carbocycles. The highest BCUT2D eigenvalue weighted by atomic mass is 16.1. The van der Waals surface area contributed by atoms with Crippen molar-refractivity contribution < 1.29 is 4.79 Å². The van der Waals surface area contributed by atoms with Gasteiger partial charge in [0.05, 0.1) is 11.1 Å². The summed E-state index contributed by atoms with van der Waals surface area (Å²) in [5.74, 6) is 0. The zero-order valence-corrected chi connectivity index (χ0v) is 10.00. The summed E-state index contributed by atoms with van der Waals surface area (Å²) in [6.07, 6.45) is 0.879. The lowest BCUT2D eigenvalue weighted by Gasteiger charge is -1.96. The second-order valence-corrected chi connectivity index (χ2v) is 4.21. The summed E-state index contributed by atoms with van der Waals surface area (Å²) < 4.78 is 1.81. The van der Waals surface area contributed by atoms with Gasteiger partial charge in [-0.3, -0.25) is 4.79 Å². The molecule has 0 N–H and O–H groups in total. The Hall–Kier alpha value is -2.42. The van der Waals surface area contributed by atoms with Crippen LogP contribution >= 0.6 is 0 Å². The van der Waals surface area contributed by atoms with Crippen LogP contribution in [-0.4, -0.2) is 15.9 Å². The average molecular weight is 236 g/mol. The molecule has 0 fully saturated rings. The van der Waals surface area contributed by atoms with Gasteiger partial charge >= 0.3 is 0 Å². The van der Waals surface area contributed by atoms with Crippen molar-refractivity contribution in [2.24, 2.45) is 0 Å². The first-order chi connectivity index (χ1) is 8.81. The summed E-state index contributed by atoms with van der Waals surface area (Å²) in [6.45, 7) is 1.98. The largest absolute Gasteiger partial charge is 0.298 e. The Morgan fingerprint density at radius 2 is 1.83 bits per heavy atom. The Balaban J connectivity index is 2.37. The minimum absolute atomic E-state index is 0.643. The Labute approximate surface area is 105 Å². The minimum Gasteiger partial charge on any atom is -0.298 e. The van der Waals surface area contributed by atoms with E-state index >= 15 is 0 Å². The highest BCUT2D eigenvalue weighted by Gasteiger charge is 2.13. The Morgan fingerprint density at radius 3 is 2.56 bits per heavy atom. The van der Waals surface area contributed by atoms with E-state index in [9.17, 15) is 4.79 Å². The number of carbonyl (C=O) groups excluding carboxylic acids is 1. The fourth-order valence-electron chi connectivity index (χ4n) is 2.15. The van der Waals surface area contributed by atoms with Gasteiger partial charge in [-0.25, -0.2) is 4.52 Å². The third kappa shape index (κ3) is 1.52. The molecule has 0 unspecified atom stereocenters. The summed E-state index contributed by atoms with van der Waals surface area (Å²) in [6, 6.07) is 15.6. The molecule has 2 aromatic heterocycles. The van der Waals surface area contributed by atoms with Gasteiger partial charge in [0.2, 0.25) is 0 Å². The van der Waals surface area contributed by atoms with Crippen LogP contribution in [0.15, 0.2) is 48.5 Å². The van der Waals surface area contributed by atoms with Crippen molar-refractivity contribution in [1.82, 2.24) is 9.61 Å². The Bertz CT molecular complexity index is 714. The van der Waals surface area contributed by atoms with Crippen molar-refractivity contribution in [3.63, 3.8) is 0 Å². The van der Waals surface area contributed by atoms with E-state index in [-0.39, 0.29) is 0 Å². The van der Waals surface area contributed by atoms with Crippen molar-refractivity contribution in [3.8, 4) is 11.3 Å². The maximum Gasteiger partial charge on any atom is 0.154 e. The number of aromatic nitrogens is 2. The number of aryl methyl sites for hydroxylation is 1. The normalized spacial score (nSPS) is 10.7. The molecule has 0 aliphatic rings. The number of aldehydes is 1. The molecular formula is C15H12N2O. The van der Waals surface area contributed by atoms with E-state index < -0.39 is 0 Å². The first-order valence-corrected chi connectivity index (χ1v) is 5.80. The van der Waals surface area contributed by atoms with Crippen molar-refractivity contribution >= 4 is 11.8 Å². The number of rotatable bonds is 2. The van der Waals surface area contributed by atoms with Crippen LogP contribution < -0.4 is 0 Å². The lowest BCUT2D eigenvalue weighted by Crippen LogP contribution is -1.91. The van der Waals surface area contributed by atoms with E-state index in [1.54, 1.807) is 0 Å². The first-order valence-electron chi connectivity index (χ1n) is 5.80. The van der Waals surface area contributed by atoms with Gasteiger partial charge in [-0.15, -0.1) is 0 Å². The monoisotopic (exact) mass is 236 g/mol. The highest BCUT2D eigenvalue weighted by Crippen LogP contribution is 2.25. The molecule has 0 radical (unpaired) electrons. The predicted octanol–water partition coefficient (Wildman–Crippen LogP) is 3.12. The maximum atomic E-state index is 11.3. The van der Waals surface area contributed by atoms with Crippen LogP contribution in [0.4, 0.5) is 0 Å². The van der Waals surface area contributed by atoms with E-state index in [1.807, 2.05) is 60.0 Å². The molecule has 0 saturated carbocycles. The zero-order chi connectivity index (χ0) is 12.5. The first kappa shape index (κ1) is 10.7. The SMILES string of the molecule is Cc1cccc2c(C=O)c(-c3ccccc3)nn12. The second kappa shape index (κ2) is 4.11. The molecule has 2 heterocycles. The quantitative estimate of drug-likeness (QED) is 0.641. The Morgan fingerprint density at radius 1 is 1.06 bits per heavy atom. The van der Waals surface area contributed by atoms with Crippen LogP contribution in [0.5, 0.6) is 0 Å². The molecule has 3 aromatic rings. The predicted molar refractivity (Wildman–Crippen MR) is 70.8 cm³/mol. The fourth-order valence-corrected chi connectivity index (χ4v) is 2.15. The van der Waals surface area contributed by atoms with Crippen LogP contribution in [-0.2, 0) is 0 Å². The molecule has 0 saturated heterocycles. The standard InChI is InChI=1S/C15H12N2O/c1-11-6-5-9-14-13(10-18)15(16-17(11)14)12-7-3-2-4-8-12/h2-10H,1H3. The number of hydrogen-bond acceptors (Lipinski definition) is 2. The number of nitrogens with zero attached hydrogens (tertiary/aromatic N) is 2. The molecule has 18 heavy (non-hydrogen) atoms. The van der Waals surface area contributed by atoms with Gasteiger partial charge < -0.3 is 0 Å². The van der Waals surface area contributed by atoms with Crippen molar-refractivity contribution in [2.75, 3.05) is 0 Å². The molecule has 0 atom stereocenters. The van der Waals surface area contributed by atoms with Gasteiger partial charge in [0, 0.05) is 11.3 Å². The molecule has 0 aliphatic carbocycles. The molecule has 3 nitrogen and oxygen atoms in total. The average Bonchev–Trinajstić information content (AvgIpc) is 2.80. The summed E-state index contributed by atoms with van der Waals surface area (Å²) in [7, 11) is 0.